The van der Waals surface area contributed by atoms with E-state index in [9.17, 15) is 4.79 Å². The van der Waals surface area contributed by atoms with Gasteiger partial charge in [-0.15, -0.1) is 0 Å². The van der Waals surface area contributed by atoms with Crippen molar-refractivity contribution in [1.29, 1.82) is 0 Å². The molecule has 0 unspecified atom stereocenters. The molecule has 3 aliphatic heterocycles. The fourth-order valence-electron chi connectivity index (χ4n) is 5.17. The van der Waals surface area contributed by atoms with Gasteiger partial charge in [0, 0.05) is 44.2 Å². The van der Waals surface area contributed by atoms with Crippen LogP contribution in [0.4, 0.5) is 0 Å². The number of rotatable bonds is 4. The number of amides is 1. The lowest BCUT2D eigenvalue weighted by Gasteiger charge is -2.55. The number of nitrogens with zero attached hydrogens (tertiary/aromatic N) is 3. The Morgan fingerprint density at radius 3 is 2.12 bits per heavy atom. The molecule has 3 heterocycles. The number of hydrogen-bond donors (Lipinski definition) is 0. The average molecular weight is 350 g/mol. The van der Waals surface area contributed by atoms with Gasteiger partial charge in [0.15, 0.2) is 0 Å². The highest BCUT2D eigenvalue weighted by Gasteiger charge is 2.51. The summed E-state index contributed by atoms with van der Waals surface area (Å²) in [5.41, 5.74) is 0.536. The second-order valence-corrected chi connectivity index (χ2v) is 10.5. The Hall–Kier alpha value is -0.610. The predicted octanol–water partition coefficient (Wildman–Crippen LogP) is 2.93. The summed E-state index contributed by atoms with van der Waals surface area (Å²) in [4.78, 5) is 20.4. The normalized spacial score (nSPS) is 29.6. The van der Waals surface area contributed by atoms with E-state index in [2.05, 4.69) is 56.2 Å². The van der Waals surface area contributed by atoms with E-state index in [4.69, 9.17) is 0 Å². The SMILES string of the molecule is CC(C)CN1CCC2(CC1)CN(C(=O)[C@H]1CN(C(C)C)CC1(C)C)C2. The van der Waals surface area contributed by atoms with E-state index < -0.39 is 0 Å². The van der Waals surface area contributed by atoms with Gasteiger partial charge in [-0.25, -0.2) is 0 Å². The standard InChI is InChI=1S/C21H39N3O/c1-16(2)11-22-9-7-21(8-10-22)14-24(15-21)19(25)18-12-23(17(3)4)13-20(18,5)6/h16-18H,7-15H2,1-6H3/t18-/m1/s1. The molecule has 0 aliphatic carbocycles. The Balaban J connectivity index is 1.52. The molecule has 0 aromatic rings. The van der Waals surface area contributed by atoms with Crippen LogP contribution in [0.25, 0.3) is 0 Å². The molecule has 4 heteroatoms. The van der Waals surface area contributed by atoms with Gasteiger partial charge in [0.05, 0.1) is 5.92 Å². The molecule has 0 aromatic heterocycles. The van der Waals surface area contributed by atoms with Crippen molar-refractivity contribution in [2.75, 3.05) is 45.8 Å². The maximum absolute atomic E-state index is 13.1. The molecule has 0 aromatic carbocycles. The summed E-state index contributed by atoms with van der Waals surface area (Å²) < 4.78 is 0. The number of carbonyl (C=O) groups excluding carboxylic acids is 1. The monoisotopic (exact) mass is 349 g/mol. The van der Waals surface area contributed by atoms with Crippen molar-refractivity contribution in [1.82, 2.24) is 14.7 Å². The summed E-state index contributed by atoms with van der Waals surface area (Å²) in [5, 5.41) is 0. The summed E-state index contributed by atoms with van der Waals surface area (Å²) in [6, 6.07) is 0.532. The topological polar surface area (TPSA) is 26.8 Å². The molecule has 25 heavy (non-hydrogen) atoms. The number of likely N-dealkylation sites (tertiary alicyclic amines) is 3. The third-order valence-electron chi connectivity index (χ3n) is 6.90. The van der Waals surface area contributed by atoms with E-state index in [1.807, 2.05) is 0 Å². The molecule has 0 saturated carbocycles. The Bertz CT molecular complexity index is 483. The Kier molecular flexibility index (Phi) is 5.25. The molecule has 3 rings (SSSR count). The number of carbonyl (C=O) groups is 1. The average Bonchev–Trinajstić information content (AvgIpc) is 2.80. The van der Waals surface area contributed by atoms with Crippen molar-refractivity contribution in [3.8, 4) is 0 Å². The van der Waals surface area contributed by atoms with E-state index in [1.165, 1.54) is 32.5 Å². The highest BCUT2D eigenvalue weighted by molar-refractivity contribution is 5.81. The fourth-order valence-corrected chi connectivity index (χ4v) is 5.17. The third-order valence-corrected chi connectivity index (χ3v) is 6.90. The molecule has 0 bridgehead atoms. The summed E-state index contributed by atoms with van der Waals surface area (Å²) in [6.07, 6.45) is 2.55. The zero-order chi connectivity index (χ0) is 18.4. The van der Waals surface area contributed by atoms with Gasteiger partial charge in [-0.05, 0) is 51.1 Å². The molecule has 4 nitrogen and oxygen atoms in total. The molecule has 0 radical (unpaired) electrons. The highest BCUT2D eigenvalue weighted by Crippen LogP contribution is 2.44. The zero-order valence-corrected chi connectivity index (χ0v) is 17.3. The van der Waals surface area contributed by atoms with Gasteiger partial charge in [0.2, 0.25) is 5.91 Å². The van der Waals surface area contributed by atoms with Gasteiger partial charge >= 0.3 is 0 Å². The van der Waals surface area contributed by atoms with E-state index in [0.29, 0.717) is 17.4 Å². The van der Waals surface area contributed by atoms with Crippen LogP contribution >= 0.6 is 0 Å². The number of hydrogen-bond acceptors (Lipinski definition) is 3. The Morgan fingerprint density at radius 1 is 1.04 bits per heavy atom. The van der Waals surface area contributed by atoms with Crippen LogP contribution in [0.15, 0.2) is 0 Å². The molecule has 3 fully saturated rings. The Labute approximate surface area is 154 Å². The van der Waals surface area contributed by atoms with Crippen molar-refractivity contribution in [3.05, 3.63) is 0 Å². The van der Waals surface area contributed by atoms with Gasteiger partial charge in [-0.3, -0.25) is 9.69 Å². The van der Waals surface area contributed by atoms with Gasteiger partial charge in [0.1, 0.15) is 0 Å². The minimum Gasteiger partial charge on any atom is -0.341 e. The molecule has 1 atom stereocenters. The maximum atomic E-state index is 13.1. The summed E-state index contributed by atoms with van der Waals surface area (Å²) in [7, 11) is 0. The quantitative estimate of drug-likeness (QED) is 0.781. The lowest BCUT2D eigenvalue weighted by molar-refractivity contribution is -0.153. The highest BCUT2D eigenvalue weighted by atomic mass is 16.2. The first-order valence-electron chi connectivity index (χ1n) is 10.4. The first-order valence-corrected chi connectivity index (χ1v) is 10.4. The molecular weight excluding hydrogens is 310 g/mol. The molecular formula is C21H39N3O. The van der Waals surface area contributed by atoms with Crippen LogP contribution in [0.3, 0.4) is 0 Å². The molecule has 3 saturated heterocycles. The van der Waals surface area contributed by atoms with E-state index in [0.717, 1.165) is 32.1 Å². The second kappa shape index (κ2) is 6.84. The van der Waals surface area contributed by atoms with Crippen LogP contribution < -0.4 is 0 Å². The molecule has 144 valence electrons. The van der Waals surface area contributed by atoms with E-state index in [-0.39, 0.29) is 11.3 Å². The van der Waals surface area contributed by atoms with Crippen LogP contribution in [0, 0.1) is 22.7 Å². The van der Waals surface area contributed by atoms with Crippen LogP contribution in [0.2, 0.25) is 0 Å². The van der Waals surface area contributed by atoms with Gasteiger partial charge in [-0.2, -0.15) is 0 Å². The molecule has 1 amide bonds. The van der Waals surface area contributed by atoms with E-state index in [1.54, 1.807) is 0 Å². The molecule has 0 N–H and O–H groups in total. The first kappa shape index (κ1) is 19.2. The van der Waals surface area contributed by atoms with Crippen molar-refractivity contribution in [3.63, 3.8) is 0 Å². The Morgan fingerprint density at radius 2 is 1.64 bits per heavy atom. The van der Waals surface area contributed by atoms with Gasteiger partial charge in [-0.1, -0.05) is 27.7 Å². The lowest BCUT2D eigenvalue weighted by Crippen LogP contribution is -2.63. The van der Waals surface area contributed by atoms with Crippen molar-refractivity contribution in [2.24, 2.45) is 22.7 Å². The second-order valence-electron chi connectivity index (χ2n) is 10.5. The first-order chi connectivity index (χ1) is 11.6. The third kappa shape index (κ3) is 3.90. The van der Waals surface area contributed by atoms with E-state index >= 15 is 0 Å². The van der Waals surface area contributed by atoms with Crippen LogP contribution in [0.5, 0.6) is 0 Å². The summed E-state index contributed by atoms with van der Waals surface area (Å²) in [5.74, 6) is 1.35. The maximum Gasteiger partial charge on any atom is 0.227 e. The number of piperidine rings is 1. The van der Waals surface area contributed by atoms with Crippen molar-refractivity contribution < 1.29 is 4.79 Å². The van der Waals surface area contributed by atoms with Crippen LogP contribution in [-0.2, 0) is 4.79 Å². The van der Waals surface area contributed by atoms with Crippen molar-refractivity contribution >= 4 is 5.91 Å². The largest absolute Gasteiger partial charge is 0.341 e. The zero-order valence-electron chi connectivity index (χ0n) is 17.3. The van der Waals surface area contributed by atoms with Crippen LogP contribution in [0.1, 0.15) is 54.4 Å². The summed E-state index contributed by atoms with van der Waals surface area (Å²) >= 11 is 0. The van der Waals surface area contributed by atoms with Crippen LogP contribution in [-0.4, -0.2) is 72.5 Å². The van der Waals surface area contributed by atoms with Crippen molar-refractivity contribution in [2.45, 2.75) is 60.4 Å². The molecule has 3 aliphatic rings. The van der Waals surface area contributed by atoms with Gasteiger partial charge in [0.25, 0.3) is 0 Å². The fraction of sp³-hybridized carbons (Fsp3) is 0.952. The minimum atomic E-state index is 0.102. The van der Waals surface area contributed by atoms with Gasteiger partial charge < -0.3 is 9.80 Å². The predicted molar refractivity (Wildman–Crippen MR) is 104 cm³/mol. The lowest BCUT2D eigenvalue weighted by atomic mass is 9.70. The molecule has 1 spiro atoms. The summed E-state index contributed by atoms with van der Waals surface area (Å²) in [6.45, 7) is 21.3. The smallest absolute Gasteiger partial charge is 0.227 e. The minimum absolute atomic E-state index is 0.102.